The Morgan fingerprint density at radius 2 is 2.07 bits per heavy atom. The Hall–Kier alpha value is -1.54. The van der Waals surface area contributed by atoms with Crippen molar-refractivity contribution in [2.24, 2.45) is 0 Å². The van der Waals surface area contributed by atoms with Crippen LogP contribution in [0.4, 0.5) is 13.2 Å². The molecule has 0 unspecified atom stereocenters. The van der Waals surface area contributed by atoms with Crippen molar-refractivity contribution in [1.29, 1.82) is 0 Å². The average molecular weight is 215 g/mol. The van der Waals surface area contributed by atoms with Crippen LogP contribution in [0.1, 0.15) is 18.2 Å². The van der Waals surface area contributed by atoms with E-state index in [9.17, 15) is 13.2 Å². The quantitative estimate of drug-likeness (QED) is 0.670. The van der Waals surface area contributed by atoms with Gasteiger partial charge in [0.05, 0.1) is 5.56 Å². The third-order valence-corrected chi connectivity index (χ3v) is 1.50. The van der Waals surface area contributed by atoms with Crippen molar-refractivity contribution in [3.05, 3.63) is 29.6 Å². The van der Waals surface area contributed by atoms with Crippen molar-refractivity contribution in [2.75, 3.05) is 0 Å². The highest BCUT2D eigenvalue weighted by Gasteiger charge is 2.30. The second kappa shape index (κ2) is 4.32. The molecule has 0 saturated heterocycles. The smallest absolute Gasteiger partial charge is 0.381 e. The highest BCUT2D eigenvalue weighted by molar-refractivity contribution is 5.30. The Balaban J connectivity index is 2.88. The van der Waals surface area contributed by atoms with E-state index in [-0.39, 0.29) is 5.69 Å². The minimum absolute atomic E-state index is 0.198. The normalized spacial score (nSPS) is 12.9. The molecular formula is C10H8F3NO. The van der Waals surface area contributed by atoms with E-state index in [1.807, 2.05) is 0 Å². The minimum atomic E-state index is -4.39. The van der Waals surface area contributed by atoms with Crippen LogP contribution in [0.5, 0.6) is 0 Å². The Labute approximate surface area is 84.8 Å². The van der Waals surface area contributed by atoms with Gasteiger partial charge >= 0.3 is 6.18 Å². The first kappa shape index (κ1) is 11.5. The Bertz CT molecular complexity index is 384. The minimum Gasteiger partial charge on any atom is -0.381 e. The van der Waals surface area contributed by atoms with Crippen LogP contribution in [0.25, 0.3) is 0 Å². The molecule has 1 atom stereocenters. The van der Waals surface area contributed by atoms with Gasteiger partial charge in [-0.25, -0.2) is 4.98 Å². The molecule has 1 heterocycles. The van der Waals surface area contributed by atoms with E-state index in [0.29, 0.717) is 6.20 Å². The van der Waals surface area contributed by atoms with Gasteiger partial charge < -0.3 is 5.11 Å². The van der Waals surface area contributed by atoms with E-state index in [2.05, 4.69) is 16.8 Å². The maximum absolute atomic E-state index is 12.1. The van der Waals surface area contributed by atoms with Crippen LogP contribution in [0.15, 0.2) is 18.3 Å². The van der Waals surface area contributed by atoms with Gasteiger partial charge in [-0.1, -0.05) is 5.92 Å². The molecule has 0 aromatic carbocycles. The van der Waals surface area contributed by atoms with Gasteiger partial charge in [0.2, 0.25) is 0 Å². The third-order valence-electron chi connectivity index (χ3n) is 1.50. The average Bonchev–Trinajstić information content (AvgIpc) is 2.14. The summed E-state index contributed by atoms with van der Waals surface area (Å²) in [5, 5.41) is 8.82. The zero-order valence-corrected chi connectivity index (χ0v) is 7.84. The molecule has 1 N–H and O–H groups in total. The largest absolute Gasteiger partial charge is 0.417 e. The molecule has 0 radical (unpaired) electrons. The fraction of sp³-hybridized carbons (Fsp3) is 0.300. The lowest BCUT2D eigenvalue weighted by Gasteiger charge is -2.04. The standard InChI is InChI=1S/C10H8F3NO/c1-7(15)2-4-9-5-3-8(6-14-9)10(11,12)13/h3,5-7,15H,1H3/t7-/m0/s1. The summed E-state index contributed by atoms with van der Waals surface area (Å²) in [5.74, 6) is 4.83. The van der Waals surface area contributed by atoms with Crippen molar-refractivity contribution in [1.82, 2.24) is 4.98 Å². The summed E-state index contributed by atoms with van der Waals surface area (Å²) in [6.07, 6.45) is -4.50. The predicted molar refractivity (Wildman–Crippen MR) is 47.8 cm³/mol. The molecule has 1 rings (SSSR count). The summed E-state index contributed by atoms with van der Waals surface area (Å²) in [4.78, 5) is 3.51. The number of aromatic nitrogens is 1. The van der Waals surface area contributed by atoms with E-state index in [1.54, 1.807) is 0 Å². The molecule has 0 aliphatic heterocycles. The summed E-state index contributed by atoms with van der Waals surface area (Å²) in [6, 6.07) is 2.07. The molecule has 0 saturated carbocycles. The number of nitrogens with zero attached hydrogens (tertiary/aromatic N) is 1. The first-order valence-corrected chi connectivity index (χ1v) is 4.12. The molecule has 5 heteroatoms. The van der Waals surface area contributed by atoms with E-state index < -0.39 is 17.8 Å². The predicted octanol–water partition coefficient (Wildman–Crippen LogP) is 1.83. The first-order valence-electron chi connectivity index (χ1n) is 4.12. The van der Waals surface area contributed by atoms with Crippen molar-refractivity contribution in [2.45, 2.75) is 19.2 Å². The van der Waals surface area contributed by atoms with E-state index in [0.717, 1.165) is 12.1 Å². The summed E-state index contributed by atoms with van der Waals surface area (Å²) in [5.41, 5.74) is -0.617. The van der Waals surface area contributed by atoms with Crippen LogP contribution in [0, 0.1) is 11.8 Å². The number of hydrogen-bond acceptors (Lipinski definition) is 2. The van der Waals surface area contributed by atoms with Gasteiger partial charge in [-0.2, -0.15) is 13.2 Å². The number of aliphatic hydroxyl groups is 1. The highest BCUT2D eigenvalue weighted by Crippen LogP contribution is 2.28. The van der Waals surface area contributed by atoms with Crippen LogP contribution >= 0.6 is 0 Å². The number of alkyl halides is 3. The lowest BCUT2D eigenvalue weighted by atomic mass is 10.2. The number of hydrogen-bond donors (Lipinski definition) is 1. The Morgan fingerprint density at radius 1 is 1.40 bits per heavy atom. The fourth-order valence-electron chi connectivity index (χ4n) is 0.814. The zero-order valence-electron chi connectivity index (χ0n) is 7.84. The van der Waals surface area contributed by atoms with Crippen molar-refractivity contribution >= 4 is 0 Å². The van der Waals surface area contributed by atoms with Gasteiger partial charge in [-0.3, -0.25) is 0 Å². The van der Waals surface area contributed by atoms with E-state index >= 15 is 0 Å². The third kappa shape index (κ3) is 3.60. The summed E-state index contributed by atoms with van der Waals surface area (Å²) in [6.45, 7) is 1.46. The van der Waals surface area contributed by atoms with Crippen molar-refractivity contribution in [3.8, 4) is 11.8 Å². The molecule has 0 aliphatic rings. The van der Waals surface area contributed by atoms with Gasteiger partial charge in [-0.15, -0.1) is 0 Å². The SMILES string of the molecule is C[C@H](O)C#Cc1ccc(C(F)(F)F)cn1. The monoisotopic (exact) mass is 215 g/mol. The summed E-state index contributed by atoms with van der Waals surface area (Å²) < 4.78 is 36.4. The molecule has 15 heavy (non-hydrogen) atoms. The van der Waals surface area contributed by atoms with Gasteiger partial charge in [0.15, 0.2) is 0 Å². The second-order valence-corrected chi connectivity index (χ2v) is 2.88. The Morgan fingerprint density at radius 3 is 2.47 bits per heavy atom. The maximum Gasteiger partial charge on any atom is 0.417 e. The van der Waals surface area contributed by atoms with Gasteiger partial charge in [0.25, 0.3) is 0 Å². The molecule has 2 nitrogen and oxygen atoms in total. The first-order chi connectivity index (χ1) is 6.89. The van der Waals surface area contributed by atoms with Crippen molar-refractivity contribution < 1.29 is 18.3 Å². The second-order valence-electron chi connectivity index (χ2n) is 2.88. The molecule has 0 fully saturated rings. The lowest BCUT2D eigenvalue weighted by Crippen LogP contribution is -2.05. The molecule has 0 aliphatic carbocycles. The molecule has 0 amide bonds. The highest BCUT2D eigenvalue weighted by atomic mass is 19.4. The number of aliphatic hydroxyl groups excluding tert-OH is 1. The van der Waals surface area contributed by atoms with Crippen LogP contribution in [0.2, 0.25) is 0 Å². The van der Waals surface area contributed by atoms with Crippen LogP contribution in [-0.2, 0) is 6.18 Å². The molecular weight excluding hydrogens is 207 g/mol. The molecule has 1 aromatic rings. The number of rotatable bonds is 0. The van der Waals surface area contributed by atoms with Gasteiger partial charge in [-0.05, 0) is 25.0 Å². The van der Waals surface area contributed by atoms with Crippen molar-refractivity contribution in [3.63, 3.8) is 0 Å². The van der Waals surface area contributed by atoms with Crippen LogP contribution in [-0.4, -0.2) is 16.2 Å². The van der Waals surface area contributed by atoms with Crippen LogP contribution < -0.4 is 0 Å². The number of pyridine rings is 1. The molecule has 0 bridgehead atoms. The number of halogens is 3. The lowest BCUT2D eigenvalue weighted by molar-refractivity contribution is -0.137. The van der Waals surface area contributed by atoms with E-state index in [1.165, 1.54) is 6.92 Å². The zero-order chi connectivity index (χ0) is 11.5. The molecule has 0 spiro atoms. The maximum atomic E-state index is 12.1. The van der Waals surface area contributed by atoms with Gasteiger partial charge in [0, 0.05) is 6.20 Å². The Kier molecular flexibility index (Phi) is 3.32. The van der Waals surface area contributed by atoms with E-state index in [4.69, 9.17) is 5.11 Å². The molecule has 80 valence electrons. The fourth-order valence-corrected chi connectivity index (χ4v) is 0.814. The summed E-state index contributed by atoms with van der Waals surface area (Å²) >= 11 is 0. The topological polar surface area (TPSA) is 33.1 Å². The van der Waals surface area contributed by atoms with Crippen LogP contribution in [0.3, 0.4) is 0 Å². The summed E-state index contributed by atoms with van der Waals surface area (Å²) in [7, 11) is 0. The van der Waals surface area contributed by atoms with Gasteiger partial charge in [0.1, 0.15) is 11.8 Å². The molecule has 1 aromatic heterocycles.